The van der Waals surface area contributed by atoms with Crippen molar-refractivity contribution in [2.45, 2.75) is 38.2 Å². The fourth-order valence-electron chi connectivity index (χ4n) is 4.31. The number of hydrogen-bond acceptors (Lipinski definition) is 5. The lowest BCUT2D eigenvalue weighted by molar-refractivity contribution is -0.142. The van der Waals surface area contributed by atoms with Crippen LogP contribution < -0.4 is 14.8 Å². The van der Waals surface area contributed by atoms with Gasteiger partial charge in [-0.2, -0.15) is 0 Å². The van der Waals surface area contributed by atoms with E-state index in [1.807, 2.05) is 18.0 Å². The minimum absolute atomic E-state index is 0.122. The Bertz CT molecular complexity index is 812. The monoisotopic (exact) mass is 430 g/mol. The largest absolute Gasteiger partial charge is 0.486 e. The lowest BCUT2D eigenvalue weighted by Crippen LogP contribution is -2.56. The van der Waals surface area contributed by atoms with Gasteiger partial charge < -0.3 is 29.3 Å². The molecule has 0 saturated carbocycles. The molecule has 0 spiro atoms. The van der Waals surface area contributed by atoms with Crippen LogP contribution in [0.3, 0.4) is 0 Å². The first-order chi connectivity index (χ1) is 15.0. The number of nitrogens with one attached hydrogen (secondary N) is 1. The van der Waals surface area contributed by atoms with E-state index in [0.717, 1.165) is 49.9 Å². The van der Waals surface area contributed by atoms with Crippen molar-refractivity contribution in [1.82, 2.24) is 15.1 Å². The van der Waals surface area contributed by atoms with Gasteiger partial charge in [-0.3, -0.25) is 9.79 Å². The molecular formula is C23H34N4O4. The Hall–Kier alpha value is -2.48. The van der Waals surface area contributed by atoms with Gasteiger partial charge in [-0.25, -0.2) is 0 Å². The molecule has 31 heavy (non-hydrogen) atoms. The van der Waals surface area contributed by atoms with Crippen molar-refractivity contribution in [3.05, 3.63) is 23.8 Å². The predicted octanol–water partition coefficient (Wildman–Crippen LogP) is 1.63. The summed E-state index contributed by atoms with van der Waals surface area (Å²) in [5, 5.41) is 3.53. The third-order valence-corrected chi connectivity index (χ3v) is 6.32. The van der Waals surface area contributed by atoms with Gasteiger partial charge in [0.05, 0.1) is 0 Å². The molecular weight excluding hydrogens is 396 g/mol. The van der Waals surface area contributed by atoms with Crippen molar-refractivity contribution in [1.29, 1.82) is 0 Å². The number of benzene rings is 1. The van der Waals surface area contributed by atoms with Crippen LogP contribution in [-0.2, 0) is 14.9 Å². The molecule has 8 heteroatoms. The van der Waals surface area contributed by atoms with Crippen molar-refractivity contribution in [3.8, 4) is 11.5 Å². The molecule has 1 unspecified atom stereocenters. The van der Waals surface area contributed by atoms with Gasteiger partial charge in [0.25, 0.3) is 5.91 Å². The van der Waals surface area contributed by atoms with Crippen molar-refractivity contribution in [2.75, 3.05) is 59.6 Å². The van der Waals surface area contributed by atoms with Gasteiger partial charge in [0.2, 0.25) is 0 Å². The predicted molar refractivity (Wildman–Crippen MR) is 119 cm³/mol. The van der Waals surface area contributed by atoms with Crippen molar-refractivity contribution in [2.24, 2.45) is 4.99 Å². The first-order valence-corrected chi connectivity index (χ1v) is 11.2. The van der Waals surface area contributed by atoms with Crippen LogP contribution in [0.15, 0.2) is 23.2 Å². The molecule has 1 N–H and O–H groups in total. The molecule has 2 fully saturated rings. The van der Waals surface area contributed by atoms with Gasteiger partial charge in [-0.15, -0.1) is 0 Å². The number of carbonyl (C=O) groups is 1. The van der Waals surface area contributed by atoms with Gasteiger partial charge in [0.1, 0.15) is 19.3 Å². The second-order valence-corrected chi connectivity index (χ2v) is 8.96. The fourth-order valence-corrected chi connectivity index (χ4v) is 4.31. The van der Waals surface area contributed by atoms with Crippen LogP contribution in [0, 0.1) is 0 Å². The van der Waals surface area contributed by atoms with Crippen LogP contribution in [-0.4, -0.2) is 87.4 Å². The van der Waals surface area contributed by atoms with Crippen molar-refractivity contribution < 1.29 is 19.0 Å². The molecule has 8 nitrogen and oxygen atoms in total. The molecule has 170 valence electrons. The lowest BCUT2D eigenvalue weighted by Gasteiger charge is -2.38. The highest BCUT2D eigenvalue weighted by atomic mass is 16.6. The van der Waals surface area contributed by atoms with Crippen LogP contribution >= 0.6 is 0 Å². The molecule has 3 aliphatic heterocycles. The smallest absolute Gasteiger partial charge is 0.251 e. The Kier molecular flexibility index (Phi) is 6.55. The topological polar surface area (TPSA) is 75.6 Å². The van der Waals surface area contributed by atoms with Gasteiger partial charge in [0, 0.05) is 51.8 Å². The molecule has 0 aliphatic carbocycles. The Morgan fingerprint density at radius 3 is 2.48 bits per heavy atom. The summed E-state index contributed by atoms with van der Waals surface area (Å²) < 4.78 is 16.9. The number of aliphatic imine (C=N–C) groups is 1. The number of rotatable bonds is 4. The zero-order chi connectivity index (χ0) is 21.8. The Morgan fingerprint density at radius 2 is 1.81 bits per heavy atom. The third-order valence-electron chi connectivity index (χ3n) is 6.32. The second kappa shape index (κ2) is 9.34. The van der Waals surface area contributed by atoms with Crippen molar-refractivity contribution >= 4 is 11.9 Å². The number of amides is 1. The summed E-state index contributed by atoms with van der Waals surface area (Å²) in [4.78, 5) is 21.2. The van der Waals surface area contributed by atoms with E-state index in [-0.39, 0.29) is 17.4 Å². The maximum atomic E-state index is 12.6. The molecule has 0 aromatic heterocycles. The number of fused-ring (bicyclic) bond motifs is 1. The number of carbonyl (C=O) groups excluding carboxylic acids is 1. The number of nitrogens with zero attached hydrogens (tertiary/aromatic N) is 3. The first kappa shape index (κ1) is 21.7. The molecule has 1 amide bonds. The van der Waals surface area contributed by atoms with E-state index in [2.05, 4.69) is 41.2 Å². The van der Waals surface area contributed by atoms with Crippen LogP contribution in [0.1, 0.15) is 32.3 Å². The summed E-state index contributed by atoms with van der Waals surface area (Å²) in [5.41, 5.74) is 1.07. The third kappa shape index (κ3) is 4.89. The highest BCUT2D eigenvalue weighted by Crippen LogP contribution is 2.35. The normalized spacial score (nSPS) is 21.9. The van der Waals surface area contributed by atoms with E-state index in [1.54, 1.807) is 0 Å². The molecule has 1 aromatic rings. The van der Waals surface area contributed by atoms with E-state index in [0.29, 0.717) is 32.9 Å². The Labute approximate surface area is 184 Å². The quantitative estimate of drug-likeness (QED) is 0.578. The highest BCUT2D eigenvalue weighted by Gasteiger charge is 2.31. The molecule has 0 radical (unpaired) electrons. The fraction of sp³-hybridized carbons (Fsp3) is 0.652. The van der Waals surface area contributed by atoms with Crippen LogP contribution in [0.4, 0.5) is 0 Å². The van der Waals surface area contributed by atoms with E-state index in [1.165, 1.54) is 5.56 Å². The van der Waals surface area contributed by atoms with Crippen LogP contribution in [0.2, 0.25) is 0 Å². The minimum Gasteiger partial charge on any atom is -0.486 e. The van der Waals surface area contributed by atoms with Gasteiger partial charge in [0.15, 0.2) is 17.5 Å². The van der Waals surface area contributed by atoms with Gasteiger partial charge in [-0.1, -0.05) is 19.9 Å². The minimum atomic E-state index is -0.240. The highest BCUT2D eigenvalue weighted by molar-refractivity contribution is 5.83. The van der Waals surface area contributed by atoms with E-state index >= 15 is 0 Å². The van der Waals surface area contributed by atoms with Crippen LogP contribution in [0.25, 0.3) is 0 Å². The molecule has 1 atom stereocenters. The Morgan fingerprint density at radius 1 is 1.10 bits per heavy atom. The number of guanidine groups is 1. The molecule has 1 aromatic carbocycles. The average molecular weight is 431 g/mol. The molecule has 0 bridgehead atoms. The second-order valence-electron chi connectivity index (χ2n) is 8.96. The summed E-state index contributed by atoms with van der Waals surface area (Å²) in [5.74, 6) is 2.63. The summed E-state index contributed by atoms with van der Waals surface area (Å²) in [6.45, 7) is 9.96. The SMILES string of the molecule is CN=C(NCC(C)(C)c1ccc2c(c1)OCCO2)N1CCN(C(=O)C2CCCO2)CC1. The van der Waals surface area contributed by atoms with E-state index in [9.17, 15) is 4.79 Å². The van der Waals surface area contributed by atoms with E-state index in [4.69, 9.17) is 14.2 Å². The van der Waals surface area contributed by atoms with Gasteiger partial charge >= 0.3 is 0 Å². The van der Waals surface area contributed by atoms with Crippen molar-refractivity contribution in [3.63, 3.8) is 0 Å². The van der Waals surface area contributed by atoms with E-state index < -0.39 is 0 Å². The number of piperazine rings is 1. The molecule has 4 rings (SSSR count). The number of ether oxygens (including phenoxy) is 3. The summed E-state index contributed by atoms with van der Waals surface area (Å²) >= 11 is 0. The van der Waals surface area contributed by atoms with Gasteiger partial charge in [-0.05, 0) is 30.5 Å². The molecule has 2 saturated heterocycles. The molecule has 3 aliphatic rings. The summed E-state index contributed by atoms with van der Waals surface area (Å²) in [6.07, 6.45) is 1.58. The Balaban J connectivity index is 1.31. The van der Waals surface area contributed by atoms with Crippen LogP contribution in [0.5, 0.6) is 11.5 Å². The first-order valence-electron chi connectivity index (χ1n) is 11.2. The zero-order valence-corrected chi connectivity index (χ0v) is 18.9. The number of hydrogen-bond donors (Lipinski definition) is 1. The summed E-state index contributed by atoms with van der Waals surface area (Å²) in [6, 6.07) is 6.17. The summed E-state index contributed by atoms with van der Waals surface area (Å²) in [7, 11) is 1.81. The lowest BCUT2D eigenvalue weighted by atomic mass is 9.84. The maximum Gasteiger partial charge on any atom is 0.251 e. The maximum absolute atomic E-state index is 12.6. The molecule has 3 heterocycles. The zero-order valence-electron chi connectivity index (χ0n) is 18.9. The standard InChI is InChI=1S/C23H34N4O4/c1-23(2,17-6-7-18-20(15-17)31-14-13-30-18)16-25-22(24-3)27-10-8-26(9-11-27)21(28)19-5-4-12-29-19/h6-7,15,19H,4-5,8-14,16H2,1-3H3,(H,24,25). The average Bonchev–Trinajstić information content (AvgIpc) is 3.34.